The average Bonchev–Trinajstić information content (AvgIpc) is 2.99. The number of hydrogen-bond acceptors (Lipinski definition) is 3. The van der Waals surface area contributed by atoms with Gasteiger partial charge in [0, 0.05) is 36.6 Å². The topological polar surface area (TPSA) is 62.3 Å². The van der Waals surface area contributed by atoms with Crippen molar-refractivity contribution in [3.8, 4) is 0 Å². The van der Waals surface area contributed by atoms with Gasteiger partial charge in [-0.05, 0) is 49.4 Å². The number of nitrogens with one attached hydrogen (secondary N) is 1. The Balaban J connectivity index is 1.45. The molecule has 26 heavy (non-hydrogen) atoms. The number of benzene rings is 1. The van der Waals surface area contributed by atoms with Gasteiger partial charge in [0.05, 0.1) is 5.92 Å². The fourth-order valence-corrected chi connectivity index (χ4v) is 4.18. The van der Waals surface area contributed by atoms with E-state index in [9.17, 15) is 9.59 Å². The Kier molecular flexibility index (Phi) is 4.23. The van der Waals surface area contributed by atoms with Crippen LogP contribution in [0.5, 0.6) is 0 Å². The molecule has 5 nitrogen and oxygen atoms in total. The van der Waals surface area contributed by atoms with Gasteiger partial charge in [0.2, 0.25) is 5.91 Å². The van der Waals surface area contributed by atoms with E-state index in [0.29, 0.717) is 13.1 Å². The van der Waals surface area contributed by atoms with Crippen molar-refractivity contribution in [1.29, 1.82) is 0 Å². The summed E-state index contributed by atoms with van der Waals surface area (Å²) in [6.07, 6.45) is 5.88. The minimum Gasteiger partial charge on any atom is -0.350 e. The first-order valence-electron chi connectivity index (χ1n) is 9.15. The van der Waals surface area contributed by atoms with Gasteiger partial charge in [-0.15, -0.1) is 0 Å². The summed E-state index contributed by atoms with van der Waals surface area (Å²) >= 11 is 0. The molecule has 1 N–H and O–H groups in total. The maximum Gasteiger partial charge on any atom is 0.254 e. The fraction of sp³-hybridized carbons (Fsp3) is 0.381. The van der Waals surface area contributed by atoms with E-state index in [2.05, 4.69) is 10.3 Å². The lowest BCUT2D eigenvalue weighted by atomic mass is 9.82. The number of amides is 2. The third-order valence-corrected chi connectivity index (χ3v) is 5.77. The molecule has 1 aromatic carbocycles. The molecule has 0 unspecified atom stereocenters. The molecule has 1 spiro atoms. The second kappa shape index (κ2) is 6.56. The Morgan fingerprint density at radius 2 is 1.96 bits per heavy atom. The van der Waals surface area contributed by atoms with Crippen LogP contribution in [0, 0.1) is 6.92 Å². The number of hydrogen-bond donors (Lipinski definition) is 1. The third kappa shape index (κ3) is 2.98. The van der Waals surface area contributed by atoms with E-state index >= 15 is 0 Å². The summed E-state index contributed by atoms with van der Waals surface area (Å²) in [6.45, 7) is 3.31. The van der Waals surface area contributed by atoms with Crippen LogP contribution in [0.4, 0.5) is 0 Å². The molecular formula is C21H23N3O2. The number of rotatable bonds is 2. The highest BCUT2D eigenvalue weighted by Crippen LogP contribution is 2.39. The standard InChI is InChI=1S/C21H23N3O2/c1-15-5-2-3-7-17(15)20(26)24-11-8-21(9-12-24)13-18(19(25)23-21)16-6-4-10-22-14-16/h2-7,10,14,18H,8-9,11-13H2,1H3,(H,23,25)/t18-/m0/s1. The Bertz CT molecular complexity index is 826. The maximum atomic E-state index is 12.8. The Morgan fingerprint density at radius 3 is 2.65 bits per heavy atom. The van der Waals surface area contributed by atoms with E-state index in [0.717, 1.165) is 36.0 Å². The summed E-state index contributed by atoms with van der Waals surface area (Å²) in [5.74, 6) is 0.0325. The summed E-state index contributed by atoms with van der Waals surface area (Å²) in [5, 5.41) is 3.22. The van der Waals surface area contributed by atoms with Crippen molar-refractivity contribution in [2.75, 3.05) is 13.1 Å². The largest absolute Gasteiger partial charge is 0.350 e. The first-order valence-corrected chi connectivity index (χ1v) is 9.15. The van der Waals surface area contributed by atoms with Crippen molar-refractivity contribution in [3.63, 3.8) is 0 Å². The van der Waals surface area contributed by atoms with E-state index in [4.69, 9.17) is 0 Å². The van der Waals surface area contributed by atoms with Crippen molar-refractivity contribution in [2.45, 2.75) is 37.6 Å². The fourth-order valence-electron chi connectivity index (χ4n) is 4.18. The van der Waals surface area contributed by atoms with Crippen LogP contribution >= 0.6 is 0 Å². The van der Waals surface area contributed by atoms with Crippen LogP contribution in [0.1, 0.15) is 46.7 Å². The molecule has 3 heterocycles. The van der Waals surface area contributed by atoms with E-state index in [1.54, 1.807) is 12.4 Å². The number of likely N-dealkylation sites (tertiary alicyclic amines) is 1. The predicted molar refractivity (Wildman–Crippen MR) is 98.8 cm³/mol. The highest BCUT2D eigenvalue weighted by molar-refractivity contribution is 5.95. The summed E-state index contributed by atoms with van der Waals surface area (Å²) in [6, 6.07) is 11.5. The Labute approximate surface area is 153 Å². The zero-order chi connectivity index (χ0) is 18.1. The summed E-state index contributed by atoms with van der Waals surface area (Å²) in [7, 11) is 0. The molecule has 2 aromatic rings. The van der Waals surface area contributed by atoms with E-state index in [1.807, 2.05) is 48.2 Å². The van der Waals surface area contributed by atoms with Crippen molar-refractivity contribution >= 4 is 11.8 Å². The smallest absolute Gasteiger partial charge is 0.254 e. The van der Waals surface area contributed by atoms with E-state index < -0.39 is 0 Å². The van der Waals surface area contributed by atoms with Gasteiger partial charge < -0.3 is 10.2 Å². The lowest BCUT2D eigenvalue weighted by Crippen LogP contribution is -2.52. The Morgan fingerprint density at radius 1 is 1.19 bits per heavy atom. The quantitative estimate of drug-likeness (QED) is 0.907. The lowest BCUT2D eigenvalue weighted by Gasteiger charge is -2.39. The highest BCUT2D eigenvalue weighted by Gasteiger charge is 2.46. The van der Waals surface area contributed by atoms with Crippen LogP contribution in [-0.4, -0.2) is 40.3 Å². The van der Waals surface area contributed by atoms with Gasteiger partial charge in [-0.2, -0.15) is 0 Å². The first-order chi connectivity index (χ1) is 12.6. The molecule has 0 aliphatic carbocycles. The van der Waals surface area contributed by atoms with Crippen LogP contribution in [0.25, 0.3) is 0 Å². The molecule has 0 saturated carbocycles. The zero-order valence-electron chi connectivity index (χ0n) is 14.9. The van der Waals surface area contributed by atoms with Gasteiger partial charge in [-0.25, -0.2) is 0 Å². The number of carbonyl (C=O) groups excluding carboxylic acids is 2. The van der Waals surface area contributed by atoms with Crippen LogP contribution in [0.15, 0.2) is 48.8 Å². The normalized spacial score (nSPS) is 21.7. The summed E-state index contributed by atoms with van der Waals surface area (Å²) in [5.41, 5.74) is 2.55. The molecule has 1 atom stereocenters. The number of nitrogens with zero attached hydrogens (tertiary/aromatic N) is 2. The molecule has 1 aromatic heterocycles. The van der Waals surface area contributed by atoms with Gasteiger partial charge in [0.1, 0.15) is 0 Å². The number of aromatic nitrogens is 1. The van der Waals surface area contributed by atoms with Gasteiger partial charge in [0.15, 0.2) is 0 Å². The monoisotopic (exact) mass is 349 g/mol. The second-order valence-corrected chi connectivity index (χ2v) is 7.42. The molecule has 2 saturated heterocycles. The predicted octanol–water partition coefficient (Wildman–Crippen LogP) is 2.67. The lowest BCUT2D eigenvalue weighted by molar-refractivity contribution is -0.121. The molecule has 2 aliphatic rings. The molecule has 5 heteroatoms. The molecular weight excluding hydrogens is 326 g/mol. The van der Waals surface area contributed by atoms with Crippen LogP contribution in [0.2, 0.25) is 0 Å². The van der Waals surface area contributed by atoms with Crippen molar-refractivity contribution in [1.82, 2.24) is 15.2 Å². The first kappa shape index (κ1) is 16.8. The Hall–Kier alpha value is -2.69. The molecule has 0 radical (unpaired) electrons. The number of piperidine rings is 1. The van der Waals surface area contributed by atoms with Gasteiger partial charge in [-0.3, -0.25) is 14.6 Å². The minimum absolute atomic E-state index is 0.0803. The third-order valence-electron chi connectivity index (χ3n) is 5.77. The van der Waals surface area contributed by atoms with Crippen molar-refractivity contribution < 1.29 is 9.59 Å². The summed E-state index contributed by atoms with van der Waals surface area (Å²) in [4.78, 5) is 31.4. The number of pyridine rings is 1. The number of aryl methyl sites for hydroxylation is 1. The maximum absolute atomic E-state index is 12.8. The molecule has 134 valence electrons. The zero-order valence-corrected chi connectivity index (χ0v) is 14.9. The molecule has 0 bridgehead atoms. The molecule has 4 rings (SSSR count). The minimum atomic E-state index is -0.194. The SMILES string of the molecule is Cc1ccccc1C(=O)N1CCC2(CC1)C[C@@H](c1cccnc1)C(=O)N2. The molecule has 2 amide bonds. The van der Waals surface area contributed by atoms with Gasteiger partial charge >= 0.3 is 0 Å². The van der Waals surface area contributed by atoms with Crippen LogP contribution in [0.3, 0.4) is 0 Å². The average molecular weight is 349 g/mol. The van der Waals surface area contributed by atoms with Crippen molar-refractivity contribution in [3.05, 3.63) is 65.5 Å². The van der Waals surface area contributed by atoms with Gasteiger partial charge in [-0.1, -0.05) is 24.3 Å². The van der Waals surface area contributed by atoms with E-state index in [-0.39, 0.29) is 23.3 Å². The van der Waals surface area contributed by atoms with Gasteiger partial charge in [0.25, 0.3) is 5.91 Å². The van der Waals surface area contributed by atoms with Crippen LogP contribution in [-0.2, 0) is 4.79 Å². The van der Waals surface area contributed by atoms with E-state index in [1.165, 1.54) is 0 Å². The number of carbonyl (C=O) groups is 2. The summed E-state index contributed by atoms with van der Waals surface area (Å²) < 4.78 is 0. The van der Waals surface area contributed by atoms with Crippen molar-refractivity contribution in [2.24, 2.45) is 0 Å². The van der Waals surface area contributed by atoms with Crippen LogP contribution < -0.4 is 5.32 Å². The highest BCUT2D eigenvalue weighted by atomic mass is 16.2. The molecule has 2 aliphatic heterocycles. The molecule has 2 fully saturated rings. The second-order valence-electron chi connectivity index (χ2n) is 7.42.